The molecular formula is C11H18O3. The van der Waals surface area contributed by atoms with Gasteiger partial charge in [0.1, 0.15) is 0 Å². The van der Waals surface area contributed by atoms with Gasteiger partial charge in [-0.25, -0.2) is 0 Å². The number of esters is 2. The van der Waals surface area contributed by atoms with Gasteiger partial charge in [0.05, 0.1) is 0 Å². The van der Waals surface area contributed by atoms with Gasteiger partial charge in [-0.05, 0) is 12.3 Å². The molecule has 80 valence electrons. The van der Waals surface area contributed by atoms with E-state index in [-0.39, 0.29) is 5.97 Å². The molecular weight excluding hydrogens is 180 g/mol. The first-order valence-electron chi connectivity index (χ1n) is 5.39. The molecule has 1 aliphatic rings. The highest BCUT2D eigenvalue weighted by atomic mass is 16.6. The second kappa shape index (κ2) is 5.78. The van der Waals surface area contributed by atoms with Crippen molar-refractivity contribution in [2.45, 2.75) is 51.9 Å². The fourth-order valence-corrected chi connectivity index (χ4v) is 2.01. The van der Waals surface area contributed by atoms with Crippen molar-refractivity contribution in [1.82, 2.24) is 0 Å². The van der Waals surface area contributed by atoms with E-state index in [9.17, 15) is 9.59 Å². The second-order valence-electron chi connectivity index (χ2n) is 4.01. The normalized spacial score (nSPS) is 17.8. The van der Waals surface area contributed by atoms with E-state index in [1.165, 1.54) is 39.0 Å². The fraction of sp³-hybridized carbons (Fsp3) is 0.818. The fourth-order valence-electron chi connectivity index (χ4n) is 2.01. The van der Waals surface area contributed by atoms with Crippen LogP contribution in [0.15, 0.2) is 0 Å². The largest absolute Gasteiger partial charge is 0.393 e. The molecule has 1 rings (SSSR count). The van der Waals surface area contributed by atoms with Crippen LogP contribution in [0.25, 0.3) is 0 Å². The van der Waals surface area contributed by atoms with E-state index in [2.05, 4.69) is 4.74 Å². The first-order valence-corrected chi connectivity index (χ1v) is 5.39. The molecule has 0 saturated heterocycles. The van der Waals surface area contributed by atoms with Crippen LogP contribution in [0, 0.1) is 5.92 Å². The predicted octanol–water partition coefficient (Wildman–Crippen LogP) is 2.44. The van der Waals surface area contributed by atoms with Gasteiger partial charge >= 0.3 is 11.9 Å². The molecule has 1 fully saturated rings. The van der Waals surface area contributed by atoms with Crippen LogP contribution in [-0.2, 0) is 14.3 Å². The summed E-state index contributed by atoms with van der Waals surface area (Å²) in [5.41, 5.74) is 0. The number of ether oxygens (including phenoxy) is 1. The molecule has 0 atom stereocenters. The van der Waals surface area contributed by atoms with Crippen LogP contribution in [0.2, 0.25) is 0 Å². The average Bonchev–Trinajstić information content (AvgIpc) is 2.15. The summed E-state index contributed by atoms with van der Waals surface area (Å²) in [5, 5.41) is 0. The molecule has 1 aliphatic carbocycles. The molecule has 0 amide bonds. The van der Waals surface area contributed by atoms with Gasteiger partial charge in [-0.1, -0.05) is 32.1 Å². The molecule has 0 heterocycles. The first-order chi connectivity index (χ1) is 6.68. The minimum absolute atomic E-state index is 0.372. The first kappa shape index (κ1) is 11.2. The molecule has 0 aliphatic heterocycles. The Hall–Kier alpha value is -0.860. The highest BCUT2D eigenvalue weighted by molar-refractivity contribution is 5.83. The zero-order chi connectivity index (χ0) is 10.4. The molecule has 0 aromatic rings. The quantitative estimate of drug-likeness (QED) is 0.516. The van der Waals surface area contributed by atoms with E-state index >= 15 is 0 Å². The second-order valence-corrected chi connectivity index (χ2v) is 4.01. The van der Waals surface area contributed by atoms with Crippen molar-refractivity contribution in [2.75, 3.05) is 0 Å². The van der Waals surface area contributed by atoms with E-state index in [0.29, 0.717) is 12.3 Å². The maximum Gasteiger partial charge on any atom is 0.313 e. The van der Waals surface area contributed by atoms with Crippen LogP contribution in [0.3, 0.4) is 0 Å². The molecule has 0 spiro atoms. The molecule has 14 heavy (non-hydrogen) atoms. The Morgan fingerprint density at radius 3 is 2.43 bits per heavy atom. The Morgan fingerprint density at radius 2 is 1.86 bits per heavy atom. The zero-order valence-electron chi connectivity index (χ0n) is 8.75. The Kier molecular flexibility index (Phi) is 4.63. The molecule has 0 bridgehead atoms. The third-order valence-electron chi connectivity index (χ3n) is 2.74. The molecule has 0 radical (unpaired) electrons. The maximum atomic E-state index is 11.1. The van der Waals surface area contributed by atoms with E-state index in [4.69, 9.17) is 0 Å². The Labute approximate surface area is 84.8 Å². The monoisotopic (exact) mass is 198 g/mol. The van der Waals surface area contributed by atoms with E-state index in [1.54, 1.807) is 0 Å². The van der Waals surface area contributed by atoms with Crippen molar-refractivity contribution < 1.29 is 14.3 Å². The summed E-state index contributed by atoms with van der Waals surface area (Å²) < 4.78 is 4.46. The van der Waals surface area contributed by atoms with Gasteiger partial charge in [0, 0.05) is 13.3 Å². The molecule has 0 N–H and O–H groups in total. The smallest absolute Gasteiger partial charge is 0.313 e. The van der Waals surface area contributed by atoms with Crippen LogP contribution < -0.4 is 0 Å². The highest BCUT2D eigenvalue weighted by Crippen LogP contribution is 2.27. The lowest BCUT2D eigenvalue weighted by Gasteiger charge is -2.20. The van der Waals surface area contributed by atoms with Crippen LogP contribution in [0.5, 0.6) is 0 Å². The van der Waals surface area contributed by atoms with Crippen molar-refractivity contribution in [1.29, 1.82) is 0 Å². The molecule has 0 aromatic carbocycles. The van der Waals surface area contributed by atoms with Crippen molar-refractivity contribution in [3.05, 3.63) is 0 Å². The van der Waals surface area contributed by atoms with Gasteiger partial charge in [0.25, 0.3) is 0 Å². The van der Waals surface area contributed by atoms with E-state index in [0.717, 1.165) is 6.42 Å². The highest BCUT2D eigenvalue weighted by Gasteiger charge is 2.15. The summed E-state index contributed by atoms with van der Waals surface area (Å²) in [6.07, 6.45) is 7.63. The number of carbonyl (C=O) groups is 2. The average molecular weight is 198 g/mol. The van der Waals surface area contributed by atoms with Crippen LogP contribution in [0.1, 0.15) is 51.9 Å². The third kappa shape index (κ3) is 4.40. The summed E-state index contributed by atoms with van der Waals surface area (Å²) in [4.78, 5) is 21.5. The van der Waals surface area contributed by atoms with Gasteiger partial charge in [0.15, 0.2) is 0 Å². The minimum Gasteiger partial charge on any atom is -0.393 e. The van der Waals surface area contributed by atoms with Gasteiger partial charge in [-0.15, -0.1) is 0 Å². The van der Waals surface area contributed by atoms with Crippen molar-refractivity contribution in [3.63, 3.8) is 0 Å². The number of hydrogen-bond donors (Lipinski definition) is 0. The van der Waals surface area contributed by atoms with E-state index < -0.39 is 5.97 Å². The molecule has 1 saturated carbocycles. The van der Waals surface area contributed by atoms with Crippen molar-refractivity contribution in [2.24, 2.45) is 5.92 Å². The molecule has 3 heteroatoms. The molecule has 0 aromatic heterocycles. The van der Waals surface area contributed by atoms with Gasteiger partial charge in [-0.2, -0.15) is 0 Å². The summed E-state index contributed by atoms with van der Waals surface area (Å²) in [5.74, 6) is -0.204. The van der Waals surface area contributed by atoms with E-state index in [1.807, 2.05) is 0 Å². The predicted molar refractivity (Wildman–Crippen MR) is 52.6 cm³/mol. The minimum atomic E-state index is -0.501. The molecule has 3 nitrogen and oxygen atoms in total. The SMILES string of the molecule is CC(=O)OC(=O)CCC1CCCCC1. The maximum absolute atomic E-state index is 11.1. The van der Waals surface area contributed by atoms with Crippen molar-refractivity contribution in [3.8, 4) is 0 Å². The summed E-state index contributed by atoms with van der Waals surface area (Å²) in [6.45, 7) is 1.26. The van der Waals surface area contributed by atoms with Crippen molar-refractivity contribution >= 4 is 11.9 Å². The standard InChI is InChI=1S/C11H18O3/c1-9(12)14-11(13)8-7-10-5-3-2-4-6-10/h10H,2-8H2,1H3. The topological polar surface area (TPSA) is 43.4 Å². The summed E-state index contributed by atoms with van der Waals surface area (Å²) in [7, 11) is 0. The summed E-state index contributed by atoms with van der Waals surface area (Å²) >= 11 is 0. The van der Waals surface area contributed by atoms with Crippen LogP contribution >= 0.6 is 0 Å². The third-order valence-corrected chi connectivity index (χ3v) is 2.74. The van der Waals surface area contributed by atoms with Gasteiger partial charge < -0.3 is 4.74 Å². The van der Waals surface area contributed by atoms with Crippen LogP contribution in [-0.4, -0.2) is 11.9 Å². The zero-order valence-corrected chi connectivity index (χ0v) is 8.75. The lowest BCUT2D eigenvalue weighted by atomic mass is 9.86. The number of carbonyl (C=O) groups excluding carboxylic acids is 2. The summed E-state index contributed by atoms with van der Waals surface area (Å²) in [6, 6.07) is 0. The molecule has 0 unspecified atom stereocenters. The number of rotatable bonds is 3. The van der Waals surface area contributed by atoms with Gasteiger partial charge in [0.2, 0.25) is 0 Å². The lowest BCUT2D eigenvalue weighted by Crippen LogP contribution is -2.12. The Balaban J connectivity index is 2.12. The number of hydrogen-bond acceptors (Lipinski definition) is 3. The lowest BCUT2D eigenvalue weighted by molar-refractivity contribution is -0.158. The van der Waals surface area contributed by atoms with Crippen LogP contribution in [0.4, 0.5) is 0 Å². The Morgan fingerprint density at radius 1 is 1.21 bits per heavy atom. The van der Waals surface area contributed by atoms with Gasteiger partial charge in [-0.3, -0.25) is 9.59 Å². The Bertz CT molecular complexity index is 205.